The lowest BCUT2D eigenvalue weighted by Gasteiger charge is -2.19. The zero-order chi connectivity index (χ0) is 15.7. The maximum Gasteiger partial charge on any atom is 0.387 e. The first kappa shape index (κ1) is 17.8. The van der Waals surface area contributed by atoms with Crippen molar-refractivity contribution in [3.05, 3.63) is 29.8 Å². The van der Waals surface area contributed by atoms with Gasteiger partial charge in [0.25, 0.3) is 0 Å². The Labute approximate surface area is 125 Å². The average Bonchev–Trinajstić information content (AvgIpc) is 2.45. The highest BCUT2D eigenvalue weighted by Gasteiger charge is 2.07. The van der Waals surface area contributed by atoms with Crippen LogP contribution < -0.4 is 10.1 Å². The number of ether oxygens (including phenoxy) is 2. The van der Waals surface area contributed by atoms with Gasteiger partial charge in [0.15, 0.2) is 0 Å². The maximum atomic E-state index is 12.1. The third-order valence-electron chi connectivity index (χ3n) is 3.23. The Morgan fingerprint density at radius 2 is 1.86 bits per heavy atom. The van der Waals surface area contributed by atoms with Crippen LogP contribution in [0.4, 0.5) is 8.78 Å². The van der Waals surface area contributed by atoms with E-state index >= 15 is 0 Å². The molecule has 0 aliphatic heterocycles. The summed E-state index contributed by atoms with van der Waals surface area (Å²) in [5, 5.41) is 3.40. The number of methoxy groups -OCH3 is 1. The maximum absolute atomic E-state index is 12.1. The molecule has 120 valence electrons. The Hall–Kier alpha value is -1.24. The highest BCUT2D eigenvalue weighted by Crippen LogP contribution is 2.18. The Morgan fingerprint density at radius 3 is 2.43 bits per heavy atom. The van der Waals surface area contributed by atoms with Crippen molar-refractivity contribution in [2.24, 2.45) is 0 Å². The minimum absolute atomic E-state index is 0.154. The van der Waals surface area contributed by atoms with Crippen LogP contribution in [0.15, 0.2) is 24.3 Å². The Kier molecular flexibility index (Phi) is 8.19. The first-order valence-corrected chi connectivity index (χ1v) is 6.98. The lowest BCUT2D eigenvalue weighted by atomic mass is 10.1. The van der Waals surface area contributed by atoms with Crippen molar-refractivity contribution in [2.45, 2.75) is 19.6 Å². The minimum Gasteiger partial charge on any atom is -0.435 e. The molecule has 6 heteroatoms. The number of benzene rings is 1. The molecule has 0 amide bonds. The van der Waals surface area contributed by atoms with E-state index in [1.807, 2.05) is 14.0 Å². The Bertz CT molecular complexity index is 388. The molecule has 0 heterocycles. The van der Waals surface area contributed by atoms with Crippen molar-refractivity contribution in [2.75, 3.05) is 40.4 Å². The zero-order valence-corrected chi connectivity index (χ0v) is 12.8. The summed E-state index contributed by atoms with van der Waals surface area (Å²) < 4.78 is 33.5. The number of hydrogen-bond donors (Lipinski definition) is 1. The fourth-order valence-electron chi connectivity index (χ4n) is 1.89. The van der Waals surface area contributed by atoms with Crippen molar-refractivity contribution < 1.29 is 18.3 Å². The first-order valence-electron chi connectivity index (χ1n) is 6.98. The molecule has 21 heavy (non-hydrogen) atoms. The number of hydrogen-bond acceptors (Lipinski definition) is 4. The molecule has 0 bridgehead atoms. The standard InChI is InChI=1S/C15H24F2N2O2/c1-12(18-8-9-19(2)10-11-20-3)13-4-6-14(7-5-13)21-15(16)17/h4-7,12,15,18H,8-11H2,1-3H3. The molecule has 0 radical (unpaired) electrons. The molecule has 1 atom stereocenters. The molecule has 0 aliphatic carbocycles. The van der Waals surface area contributed by atoms with Gasteiger partial charge in [-0.15, -0.1) is 0 Å². The number of alkyl halides is 2. The topological polar surface area (TPSA) is 33.7 Å². The molecule has 4 nitrogen and oxygen atoms in total. The van der Waals surface area contributed by atoms with Gasteiger partial charge in [0, 0.05) is 32.8 Å². The molecule has 0 saturated heterocycles. The normalized spacial score (nSPS) is 12.9. The van der Waals surface area contributed by atoms with Crippen LogP contribution in [0.5, 0.6) is 5.75 Å². The SMILES string of the molecule is COCCN(C)CCNC(C)c1ccc(OC(F)F)cc1. The van der Waals surface area contributed by atoms with Crippen LogP contribution in [0.2, 0.25) is 0 Å². The lowest BCUT2D eigenvalue weighted by Crippen LogP contribution is -2.32. The van der Waals surface area contributed by atoms with Crippen LogP contribution in [0.3, 0.4) is 0 Å². The smallest absolute Gasteiger partial charge is 0.387 e. The van der Waals surface area contributed by atoms with E-state index in [2.05, 4.69) is 15.0 Å². The summed E-state index contributed by atoms with van der Waals surface area (Å²) >= 11 is 0. The third kappa shape index (κ3) is 7.36. The summed E-state index contributed by atoms with van der Waals surface area (Å²) in [5.41, 5.74) is 1.04. The predicted molar refractivity (Wildman–Crippen MR) is 78.9 cm³/mol. The van der Waals surface area contributed by atoms with E-state index in [0.717, 1.165) is 31.8 Å². The van der Waals surface area contributed by atoms with E-state index < -0.39 is 6.61 Å². The molecule has 0 aliphatic rings. The minimum atomic E-state index is -2.78. The second kappa shape index (κ2) is 9.65. The number of nitrogens with one attached hydrogen (secondary N) is 1. The largest absolute Gasteiger partial charge is 0.435 e. The molecule has 1 aromatic rings. The molecule has 1 N–H and O–H groups in total. The van der Waals surface area contributed by atoms with Gasteiger partial charge < -0.3 is 19.7 Å². The monoisotopic (exact) mass is 302 g/mol. The molecule has 1 aromatic carbocycles. The fraction of sp³-hybridized carbons (Fsp3) is 0.600. The predicted octanol–water partition coefficient (Wildman–Crippen LogP) is 2.52. The summed E-state index contributed by atoms with van der Waals surface area (Å²) in [4.78, 5) is 2.18. The number of halogens is 2. The molecular formula is C15H24F2N2O2. The van der Waals surface area contributed by atoms with Crippen molar-refractivity contribution in [1.29, 1.82) is 0 Å². The van der Waals surface area contributed by atoms with E-state index in [1.54, 1.807) is 31.4 Å². The summed E-state index contributed by atoms with van der Waals surface area (Å²) in [6.45, 7) is 2.63. The second-order valence-electron chi connectivity index (χ2n) is 4.92. The number of likely N-dealkylation sites (N-methyl/N-ethyl adjacent to an activating group) is 1. The Balaban J connectivity index is 2.33. The van der Waals surface area contributed by atoms with Gasteiger partial charge in [0.05, 0.1) is 6.61 Å². The van der Waals surface area contributed by atoms with Crippen LogP contribution in [-0.2, 0) is 4.74 Å². The van der Waals surface area contributed by atoms with Gasteiger partial charge in [-0.3, -0.25) is 0 Å². The van der Waals surface area contributed by atoms with E-state index in [9.17, 15) is 8.78 Å². The highest BCUT2D eigenvalue weighted by atomic mass is 19.3. The molecule has 0 fully saturated rings. The van der Waals surface area contributed by atoms with Crippen molar-refractivity contribution >= 4 is 0 Å². The van der Waals surface area contributed by atoms with Crippen molar-refractivity contribution in [1.82, 2.24) is 10.2 Å². The van der Waals surface area contributed by atoms with Crippen LogP contribution in [0, 0.1) is 0 Å². The van der Waals surface area contributed by atoms with Gasteiger partial charge in [-0.25, -0.2) is 0 Å². The number of rotatable bonds is 10. The van der Waals surface area contributed by atoms with Gasteiger partial charge in [-0.05, 0) is 31.7 Å². The number of nitrogens with zero attached hydrogens (tertiary/aromatic N) is 1. The summed E-state index contributed by atoms with van der Waals surface area (Å²) in [7, 11) is 3.73. The van der Waals surface area contributed by atoms with Crippen LogP contribution in [0.25, 0.3) is 0 Å². The summed E-state index contributed by atoms with van der Waals surface area (Å²) in [6, 6.07) is 6.87. The summed E-state index contributed by atoms with van der Waals surface area (Å²) in [6.07, 6.45) is 0. The molecular weight excluding hydrogens is 278 g/mol. The third-order valence-corrected chi connectivity index (χ3v) is 3.23. The van der Waals surface area contributed by atoms with Gasteiger partial charge in [0.1, 0.15) is 5.75 Å². The van der Waals surface area contributed by atoms with E-state index in [4.69, 9.17) is 4.74 Å². The molecule has 0 saturated carbocycles. The van der Waals surface area contributed by atoms with E-state index in [1.165, 1.54) is 0 Å². The molecule has 0 spiro atoms. The second-order valence-corrected chi connectivity index (χ2v) is 4.92. The van der Waals surface area contributed by atoms with Gasteiger partial charge in [0.2, 0.25) is 0 Å². The van der Waals surface area contributed by atoms with Crippen LogP contribution >= 0.6 is 0 Å². The van der Waals surface area contributed by atoms with E-state index in [-0.39, 0.29) is 11.8 Å². The van der Waals surface area contributed by atoms with Crippen LogP contribution in [-0.4, -0.2) is 51.9 Å². The fourth-order valence-corrected chi connectivity index (χ4v) is 1.89. The Morgan fingerprint density at radius 1 is 1.19 bits per heavy atom. The lowest BCUT2D eigenvalue weighted by molar-refractivity contribution is -0.0498. The molecule has 0 aromatic heterocycles. The average molecular weight is 302 g/mol. The van der Waals surface area contributed by atoms with Gasteiger partial charge in [-0.2, -0.15) is 8.78 Å². The first-order chi connectivity index (χ1) is 10.0. The van der Waals surface area contributed by atoms with Crippen molar-refractivity contribution in [3.8, 4) is 5.75 Å². The highest BCUT2D eigenvalue weighted by molar-refractivity contribution is 5.28. The van der Waals surface area contributed by atoms with Gasteiger partial charge >= 0.3 is 6.61 Å². The molecule has 1 rings (SSSR count). The summed E-state index contributed by atoms with van der Waals surface area (Å²) in [5.74, 6) is 0.181. The van der Waals surface area contributed by atoms with Crippen LogP contribution in [0.1, 0.15) is 18.5 Å². The molecule has 1 unspecified atom stereocenters. The van der Waals surface area contributed by atoms with E-state index in [0.29, 0.717) is 0 Å². The van der Waals surface area contributed by atoms with Crippen molar-refractivity contribution in [3.63, 3.8) is 0 Å². The quantitative estimate of drug-likeness (QED) is 0.720. The van der Waals surface area contributed by atoms with Gasteiger partial charge in [-0.1, -0.05) is 12.1 Å². The zero-order valence-electron chi connectivity index (χ0n) is 12.8.